The van der Waals surface area contributed by atoms with E-state index >= 15 is 0 Å². The Balaban J connectivity index is 2.76. The first kappa shape index (κ1) is 10.9. The van der Waals surface area contributed by atoms with Crippen molar-refractivity contribution in [1.29, 1.82) is 0 Å². The van der Waals surface area contributed by atoms with Crippen molar-refractivity contribution in [2.24, 2.45) is 5.41 Å². The van der Waals surface area contributed by atoms with Crippen molar-refractivity contribution < 1.29 is 14.7 Å². The zero-order valence-electron chi connectivity index (χ0n) is 8.36. The van der Waals surface area contributed by atoms with Crippen LogP contribution in [0.2, 0.25) is 0 Å². The standard InChI is InChI=1S/C11H14O3/c1-8(12)7-10(14)11(2)5-3-9(13)4-6-11/h3-6,9,13H,7H2,1-2H3. The molecule has 0 spiro atoms. The van der Waals surface area contributed by atoms with Crippen LogP contribution < -0.4 is 0 Å². The third kappa shape index (κ3) is 2.39. The number of carbonyl (C=O) groups is 2. The van der Waals surface area contributed by atoms with E-state index in [9.17, 15) is 9.59 Å². The van der Waals surface area contributed by atoms with E-state index in [2.05, 4.69) is 0 Å². The van der Waals surface area contributed by atoms with E-state index in [0.717, 1.165) is 0 Å². The second-order valence-electron chi connectivity index (χ2n) is 3.79. The Morgan fingerprint density at radius 2 is 1.86 bits per heavy atom. The lowest BCUT2D eigenvalue weighted by Gasteiger charge is -2.23. The Kier molecular flexibility index (Phi) is 3.01. The van der Waals surface area contributed by atoms with Gasteiger partial charge in [-0.25, -0.2) is 0 Å². The van der Waals surface area contributed by atoms with Gasteiger partial charge in [0.2, 0.25) is 0 Å². The Morgan fingerprint density at radius 1 is 1.36 bits per heavy atom. The average molecular weight is 194 g/mol. The lowest BCUT2D eigenvalue weighted by atomic mass is 9.80. The van der Waals surface area contributed by atoms with E-state index < -0.39 is 11.5 Å². The average Bonchev–Trinajstić information content (AvgIpc) is 2.09. The summed E-state index contributed by atoms with van der Waals surface area (Å²) in [6.45, 7) is 3.13. The van der Waals surface area contributed by atoms with Crippen LogP contribution in [0.5, 0.6) is 0 Å². The summed E-state index contributed by atoms with van der Waals surface area (Å²) in [5, 5.41) is 9.15. The number of ketones is 2. The van der Waals surface area contributed by atoms with Gasteiger partial charge in [0.05, 0.1) is 17.9 Å². The fourth-order valence-electron chi connectivity index (χ4n) is 1.32. The van der Waals surface area contributed by atoms with Crippen LogP contribution in [0.3, 0.4) is 0 Å². The monoisotopic (exact) mass is 194 g/mol. The maximum absolute atomic E-state index is 11.6. The molecule has 0 saturated heterocycles. The van der Waals surface area contributed by atoms with Crippen molar-refractivity contribution in [3.63, 3.8) is 0 Å². The third-order valence-corrected chi connectivity index (χ3v) is 2.29. The van der Waals surface area contributed by atoms with E-state index in [0.29, 0.717) is 0 Å². The molecule has 76 valence electrons. The molecule has 0 bridgehead atoms. The molecule has 0 aromatic rings. The second kappa shape index (κ2) is 3.88. The van der Waals surface area contributed by atoms with Gasteiger partial charge in [0, 0.05) is 0 Å². The van der Waals surface area contributed by atoms with Gasteiger partial charge in [-0.2, -0.15) is 0 Å². The van der Waals surface area contributed by atoms with Gasteiger partial charge >= 0.3 is 0 Å². The van der Waals surface area contributed by atoms with Gasteiger partial charge in [0.25, 0.3) is 0 Å². The molecule has 1 aliphatic rings. The summed E-state index contributed by atoms with van der Waals surface area (Å²) in [4.78, 5) is 22.4. The molecule has 0 aromatic heterocycles. The molecule has 0 saturated carbocycles. The zero-order valence-corrected chi connectivity index (χ0v) is 8.36. The molecule has 14 heavy (non-hydrogen) atoms. The van der Waals surface area contributed by atoms with Crippen LogP contribution in [0.25, 0.3) is 0 Å². The van der Waals surface area contributed by atoms with Gasteiger partial charge in [0.15, 0.2) is 5.78 Å². The number of aliphatic hydroxyl groups excluding tert-OH is 1. The minimum absolute atomic E-state index is 0.0543. The largest absolute Gasteiger partial charge is 0.385 e. The van der Waals surface area contributed by atoms with Crippen LogP contribution in [0.15, 0.2) is 24.3 Å². The minimum Gasteiger partial charge on any atom is -0.385 e. The number of hydrogen-bond donors (Lipinski definition) is 1. The van der Waals surface area contributed by atoms with E-state index in [1.54, 1.807) is 31.2 Å². The van der Waals surface area contributed by atoms with Gasteiger partial charge < -0.3 is 5.11 Å². The number of aliphatic hydroxyl groups is 1. The summed E-state index contributed by atoms with van der Waals surface area (Å²) in [5.41, 5.74) is -0.731. The highest BCUT2D eigenvalue weighted by atomic mass is 16.3. The highest BCUT2D eigenvalue weighted by molar-refractivity contribution is 6.02. The van der Waals surface area contributed by atoms with Crippen LogP contribution >= 0.6 is 0 Å². The molecule has 0 amide bonds. The van der Waals surface area contributed by atoms with Gasteiger partial charge in [-0.15, -0.1) is 0 Å². The van der Waals surface area contributed by atoms with Crippen molar-refractivity contribution in [3.05, 3.63) is 24.3 Å². The topological polar surface area (TPSA) is 54.4 Å². The molecule has 0 unspecified atom stereocenters. The van der Waals surface area contributed by atoms with E-state index in [-0.39, 0.29) is 18.0 Å². The Bertz CT molecular complexity index is 298. The Morgan fingerprint density at radius 3 is 2.29 bits per heavy atom. The highest BCUT2D eigenvalue weighted by Crippen LogP contribution is 2.27. The first-order valence-corrected chi connectivity index (χ1v) is 4.53. The van der Waals surface area contributed by atoms with E-state index in [1.165, 1.54) is 6.92 Å². The van der Waals surface area contributed by atoms with Crippen molar-refractivity contribution in [3.8, 4) is 0 Å². The van der Waals surface area contributed by atoms with Crippen molar-refractivity contribution in [1.82, 2.24) is 0 Å². The predicted octanol–water partition coefficient (Wildman–Crippen LogP) is 1.03. The van der Waals surface area contributed by atoms with Gasteiger partial charge in [-0.05, 0) is 13.8 Å². The number of hydrogen-bond acceptors (Lipinski definition) is 3. The molecule has 3 heteroatoms. The van der Waals surface area contributed by atoms with Crippen LogP contribution in [-0.4, -0.2) is 22.8 Å². The second-order valence-corrected chi connectivity index (χ2v) is 3.79. The molecule has 0 atom stereocenters. The number of allylic oxidation sites excluding steroid dienone is 2. The Hall–Kier alpha value is -1.22. The SMILES string of the molecule is CC(=O)CC(=O)C1(C)C=CC(O)C=C1. The number of Topliss-reactive ketones (excluding diaryl/α,β-unsaturated/α-hetero) is 2. The summed E-state index contributed by atoms with van der Waals surface area (Å²) >= 11 is 0. The van der Waals surface area contributed by atoms with Crippen molar-refractivity contribution in [2.45, 2.75) is 26.4 Å². The molecular formula is C11H14O3. The maximum Gasteiger partial charge on any atom is 0.153 e. The van der Waals surface area contributed by atoms with Crippen LogP contribution in [0, 0.1) is 5.41 Å². The summed E-state index contributed by atoms with van der Waals surface area (Å²) < 4.78 is 0. The summed E-state index contributed by atoms with van der Waals surface area (Å²) in [6.07, 6.45) is 5.72. The third-order valence-electron chi connectivity index (χ3n) is 2.29. The smallest absolute Gasteiger partial charge is 0.153 e. The summed E-state index contributed by atoms with van der Waals surface area (Å²) in [6, 6.07) is 0. The quantitative estimate of drug-likeness (QED) is 0.539. The summed E-state index contributed by atoms with van der Waals surface area (Å²) in [7, 11) is 0. The van der Waals surface area contributed by atoms with Crippen LogP contribution in [0.1, 0.15) is 20.3 Å². The van der Waals surface area contributed by atoms with Crippen molar-refractivity contribution in [2.75, 3.05) is 0 Å². The molecule has 3 nitrogen and oxygen atoms in total. The molecular weight excluding hydrogens is 180 g/mol. The zero-order chi connectivity index (χ0) is 10.8. The fourth-order valence-corrected chi connectivity index (χ4v) is 1.32. The first-order valence-electron chi connectivity index (χ1n) is 4.53. The van der Waals surface area contributed by atoms with Crippen LogP contribution in [0.4, 0.5) is 0 Å². The molecule has 0 fully saturated rings. The van der Waals surface area contributed by atoms with Gasteiger partial charge in [0.1, 0.15) is 5.78 Å². The highest BCUT2D eigenvalue weighted by Gasteiger charge is 2.29. The number of carbonyl (C=O) groups excluding carboxylic acids is 2. The molecule has 0 aliphatic heterocycles. The molecule has 1 N–H and O–H groups in total. The molecule has 0 aromatic carbocycles. The summed E-state index contributed by atoms with van der Waals surface area (Å²) in [5.74, 6) is -0.270. The van der Waals surface area contributed by atoms with Crippen LogP contribution in [-0.2, 0) is 9.59 Å². The maximum atomic E-state index is 11.6. The van der Waals surface area contributed by atoms with Crippen molar-refractivity contribution >= 4 is 11.6 Å². The lowest BCUT2D eigenvalue weighted by molar-refractivity contribution is -0.129. The normalized spacial score (nSPS) is 30.4. The fraction of sp³-hybridized carbons (Fsp3) is 0.455. The molecule has 0 heterocycles. The lowest BCUT2D eigenvalue weighted by Crippen LogP contribution is -2.27. The molecule has 0 radical (unpaired) electrons. The predicted molar refractivity (Wildman–Crippen MR) is 52.7 cm³/mol. The van der Waals surface area contributed by atoms with E-state index in [4.69, 9.17) is 5.11 Å². The van der Waals surface area contributed by atoms with Gasteiger partial charge in [-0.1, -0.05) is 24.3 Å². The van der Waals surface area contributed by atoms with Gasteiger partial charge in [-0.3, -0.25) is 9.59 Å². The number of rotatable bonds is 3. The first-order chi connectivity index (χ1) is 6.44. The minimum atomic E-state index is -0.731. The molecule has 1 rings (SSSR count). The van der Waals surface area contributed by atoms with E-state index in [1.807, 2.05) is 0 Å². The Labute approximate surface area is 83.1 Å². The molecule has 1 aliphatic carbocycles.